The molecule has 0 aliphatic rings. The van der Waals surface area contributed by atoms with Crippen LogP contribution in [0.1, 0.15) is 34.8 Å². The molecule has 3 nitrogen and oxygen atoms in total. The molecule has 1 aromatic carbocycles. The number of hydrogen-bond acceptors (Lipinski definition) is 4. The lowest BCUT2D eigenvalue weighted by atomic mass is 10.1. The highest BCUT2D eigenvalue weighted by Gasteiger charge is 2.07. The van der Waals surface area contributed by atoms with Gasteiger partial charge in [-0.3, -0.25) is 0 Å². The minimum atomic E-state index is 0.0994. The smallest absolute Gasteiger partial charge is 0.0898 e. The van der Waals surface area contributed by atoms with E-state index in [0.717, 1.165) is 22.8 Å². The van der Waals surface area contributed by atoms with E-state index < -0.39 is 0 Å². The van der Waals surface area contributed by atoms with E-state index in [1.807, 2.05) is 31.2 Å². The van der Waals surface area contributed by atoms with Crippen molar-refractivity contribution in [2.45, 2.75) is 33.0 Å². The van der Waals surface area contributed by atoms with Gasteiger partial charge in [0.15, 0.2) is 0 Å². The SMILES string of the molecule is Cc1nc(C(C)NCc2ccc(CO)cc2)cs1. The summed E-state index contributed by atoms with van der Waals surface area (Å²) < 4.78 is 0. The summed E-state index contributed by atoms with van der Waals surface area (Å²) in [5, 5.41) is 15.6. The molecule has 4 heteroatoms. The Kier molecular flexibility index (Phi) is 4.47. The van der Waals surface area contributed by atoms with Gasteiger partial charge in [-0.25, -0.2) is 4.98 Å². The van der Waals surface area contributed by atoms with Gasteiger partial charge in [0.05, 0.1) is 17.3 Å². The van der Waals surface area contributed by atoms with Gasteiger partial charge < -0.3 is 10.4 Å². The zero-order chi connectivity index (χ0) is 13.0. The lowest BCUT2D eigenvalue weighted by Gasteiger charge is -2.11. The van der Waals surface area contributed by atoms with Gasteiger partial charge in [0, 0.05) is 18.0 Å². The van der Waals surface area contributed by atoms with Crippen LogP contribution in [0.25, 0.3) is 0 Å². The number of aliphatic hydroxyl groups excluding tert-OH is 1. The Labute approximate surface area is 112 Å². The van der Waals surface area contributed by atoms with Crippen LogP contribution in [-0.2, 0) is 13.2 Å². The minimum absolute atomic E-state index is 0.0994. The number of aromatic nitrogens is 1. The maximum Gasteiger partial charge on any atom is 0.0898 e. The Bertz CT molecular complexity index is 493. The number of hydrogen-bond donors (Lipinski definition) is 2. The molecule has 0 radical (unpaired) electrons. The highest BCUT2D eigenvalue weighted by atomic mass is 32.1. The van der Waals surface area contributed by atoms with Crippen molar-refractivity contribution in [1.82, 2.24) is 10.3 Å². The van der Waals surface area contributed by atoms with E-state index in [-0.39, 0.29) is 12.6 Å². The van der Waals surface area contributed by atoms with Crippen LogP contribution in [0.15, 0.2) is 29.6 Å². The normalized spacial score (nSPS) is 12.6. The van der Waals surface area contributed by atoms with Crippen molar-refractivity contribution in [3.05, 3.63) is 51.5 Å². The highest BCUT2D eigenvalue weighted by Crippen LogP contribution is 2.16. The lowest BCUT2D eigenvalue weighted by Crippen LogP contribution is -2.18. The van der Waals surface area contributed by atoms with Crippen LogP contribution < -0.4 is 5.32 Å². The fourth-order valence-electron chi connectivity index (χ4n) is 1.72. The topological polar surface area (TPSA) is 45.2 Å². The van der Waals surface area contributed by atoms with Gasteiger partial charge in [-0.05, 0) is 25.0 Å². The Morgan fingerprint density at radius 2 is 1.94 bits per heavy atom. The van der Waals surface area contributed by atoms with Gasteiger partial charge in [0.25, 0.3) is 0 Å². The van der Waals surface area contributed by atoms with E-state index in [1.54, 1.807) is 11.3 Å². The molecule has 2 N–H and O–H groups in total. The molecule has 18 heavy (non-hydrogen) atoms. The molecule has 0 bridgehead atoms. The predicted octanol–water partition coefficient (Wildman–Crippen LogP) is 2.79. The third kappa shape index (κ3) is 3.38. The molecule has 1 heterocycles. The standard InChI is InChI=1S/C14H18N2OS/c1-10(14-9-18-11(2)16-14)15-7-12-3-5-13(8-17)6-4-12/h3-6,9-10,15,17H,7-8H2,1-2H3. The fraction of sp³-hybridized carbons (Fsp3) is 0.357. The van der Waals surface area contributed by atoms with Crippen LogP contribution in [0.3, 0.4) is 0 Å². The average molecular weight is 262 g/mol. The van der Waals surface area contributed by atoms with Gasteiger partial charge in [-0.1, -0.05) is 24.3 Å². The van der Waals surface area contributed by atoms with Gasteiger partial charge >= 0.3 is 0 Å². The first kappa shape index (κ1) is 13.2. The molecule has 0 fully saturated rings. The van der Waals surface area contributed by atoms with E-state index >= 15 is 0 Å². The molecule has 0 saturated carbocycles. The molecular formula is C14H18N2OS. The van der Waals surface area contributed by atoms with Crippen molar-refractivity contribution in [2.75, 3.05) is 0 Å². The zero-order valence-corrected chi connectivity index (χ0v) is 11.5. The summed E-state index contributed by atoms with van der Waals surface area (Å²) in [4.78, 5) is 4.47. The lowest BCUT2D eigenvalue weighted by molar-refractivity contribution is 0.282. The monoisotopic (exact) mass is 262 g/mol. The Morgan fingerprint density at radius 3 is 2.50 bits per heavy atom. The second-order valence-corrected chi connectivity index (χ2v) is 5.43. The number of aliphatic hydroxyl groups is 1. The molecule has 0 aliphatic carbocycles. The summed E-state index contributed by atoms with van der Waals surface area (Å²) in [6, 6.07) is 8.24. The Morgan fingerprint density at radius 1 is 1.28 bits per heavy atom. The summed E-state index contributed by atoms with van der Waals surface area (Å²) in [5.74, 6) is 0. The van der Waals surface area contributed by atoms with Crippen molar-refractivity contribution in [2.24, 2.45) is 0 Å². The van der Waals surface area contributed by atoms with Crippen LogP contribution in [-0.4, -0.2) is 10.1 Å². The minimum Gasteiger partial charge on any atom is -0.392 e. The quantitative estimate of drug-likeness (QED) is 0.871. The zero-order valence-electron chi connectivity index (χ0n) is 10.7. The molecule has 96 valence electrons. The van der Waals surface area contributed by atoms with Crippen LogP contribution >= 0.6 is 11.3 Å². The van der Waals surface area contributed by atoms with Crippen LogP contribution in [0, 0.1) is 6.92 Å². The molecular weight excluding hydrogens is 244 g/mol. The first-order chi connectivity index (χ1) is 8.69. The molecule has 0 amide bonds. The summed E-state index contributed by atoms with van der Waals surface area (Å²) in [6.45, 7) is 5.05. The number of rotatable bonds is 5. The molecule has 2 rings (SSSR count). The molecule has 1 unspecified atom stereocenters. The second-order valence-electron chi connectivity index (χ2n) is 4.37. The van der Waals surface area contributed by atoms with E-state index in [2.05, 4.69) is 22.6 Å². The number of benzene rings is 1. The Balaban J connectivity index is 1.90. The number of nitrogens with one attached hydrogen (secondary N) is 1. The van der Waals surface area contributed by atoms with Crippen LogP contribution in [0.2, 0.25) is 0 Å². The van der Waals surface area contributed by atoms with Gasteiger partial charge in [-0.15, -0.1) is 11.3 Å². The Hall–Kier alpha value is -1.23. The number of aryl methyl sites for hydroxylation is 1. The van der Waals surface area contributed by atoms with Crippen molar-refractivity contribution < 1.29 is 5.11 Å². The van der Waals surface area contributed by atoms with Crippen molar-refractivity contribution in [3.63, 3.8) is 0 Å². The average Bonchev–Trinajstić information content (AvgIpc) is 2.83. The van der Waals surface area contributed by atoms with Crippen molar-refractivity contribution >= 4 is 11.3 Å². The predicted molar refractivity (Wildman–Crippen MR) is 74.5 cm³/mol. The van der Waals surface area contributed by atoms with Gasteiger partial charge in [-0.2, -0.15) is 0 Å². The molecule has 2 aromatic rings. The van der Waals surface area contributed by atoms with E-state index in [0.29, 0.717) is 0 Å². The van der Waals surface area contributed by atoms with Gasteiger partial charge in [0.1, 0.15) is 0 Å². The van der Waals surface area contributed by atoms with E-state index in [1.165, 1.54) is 5.56 Å². The van der Waals surface area contributed by atoms with Gasteiger partial charge in [0.2, 0.25) is 0 Å². The largest absolute Gasteiger partial charge is 0.392 e. The number of nitrogens with zero attached hydrogens (tertiary/aromatic N) is 1. The summed E-state index contributed by atoms with van der Waals surface area (Å²) >= 11 is 1.68. The summed E-state index contributed by atoms with van der Waals surface area (Å²) in [7, 11) is 0. The van der Waals surface area contributed by atoms with Crippen LogP contribution in [0.4, 0.5) is 0 Å². The summed E-state index contributed by atoms with van der Waals surface area (Å²) in [5.41, 5.74) is 3.26. The molecule has 0 aliphatic heterocycles. The maximum absolute atomic E-state index is 8.97. The van der Waals surface area contributed by atoms with E-state index in [4.69, 9.17) is 5.11 Å². The molecule has 1 aromatic heterocycles. The number of thiazole rings is 1. The third-order valence-electron chi connectivity index (χ3n) is 2.90. The highest BCUT2D eigenvalue weighted by molar-refractivity contribution is 7.09. The fourth-order valence-corrected chi connectivity index (χ4v) is 2.42. The summed E-state index contributed by atoms with van der Waals surface area (Å²) in [6.07, 6.45) is 0. The van der Waals surface area contributed by atoms with Crippen molar-refractivity contribution in [1.29, 1.82) is 0 Å². The first-order valence-corrected chi connectivity index (χ1v) is 6.91. The molecule has 1 atom stereocenters. The second kappa shape index (κ2) is 6.09. The molecule has 0 saturated heterocycles. The van der Waals surface area contributed by atoms with Crippen molar-refractivity contribution in [3.8, 4) is 0 Å². The van der Waals surface area contributed by atoms with Crippen LogP contribution in [0.5, 0.6) is 0 Å². The van der Waals surface area contributed by atoms with E-state index in [9.17, 15) is 0 Å². The maximum atomic E-state index is 8.97. The molecule has 0 spiro atoms. The third-order valence-corrected chi connectivity index (χ3v) is 3.69. The first-order valence-electron chi connectivity index (χ1n) is 6.03.